The molecule has 80 valence electrons. The molecule has 2 aliphatic rings. The Morgan fingerprint density at radius 1 is 0.933 bits per heavy atom. The second kappa shape index (κ2) is 4.19. The highest BCUT2D eigenvalue weighted by atomic mass is 35.5. The largest absolute Gasteiger partial charge is 0.0885 e. The molecule has 0 amide bonds. The second-order valence-corrected chi connectivity index (χ2v) is 5.02. The summed E-state index contributed by atoms with van der Waals surface area (Å²) in [6.07, 6.45) is 7.21. The van der Waals surface area contributed by atoms with Gasteiger partial charge in [-0.3, -0.25) is 0 Å². The third-order valence-corrected chi connectivity index (χ3v) is 4.09. The molecule has 0 aromatic carbocycles. The van der Waals surface area contributed by atoms with E-state index >= 15 is 0 Å². The van der Waals surface area contributed by atoms with E-state index in [9.17, 15) is 0 Å². The second-order valence-electron chi connectivity index (χ2n) is 4.10. The van der Waals surface area contributed by atoms with E-state index < -0.39 is 0 Å². The van der Waals surface area contributed by atoms with E-state index in [0.717, 1.165) is 29.3 Å². The van der Waals surface area contributed by atoms with Crippen LogP contribution < -0.4 is 0 Å². The molecule has 15 heavy (non-hydrogen) atoms. The van der Waals surface area contributed by atoms with Crippen LogP contribution in [0.1, 0.15) is 33.1 Å². The van der Waals surface area contributed by atoms with Gasteiger partial charge in [0.05, 0.1) is 0 Å². The molecule has 0 bridgehead atoms. The SMILES string of the molecule is CC1=C(Cl)CC=C1CC1=CCC(Cl)=C1C. The first-order valence-electron chi connectivity index (χ1n) is 5.19. The molecule has 0 aromatic heterocycles. The van der Waals surface area contributed by atoms with Crippen LogP contribution in [0.25, 0.3) is 0 Å². The zero-order valence-electron chi connectivity index (χ0n) is 9.03. The molecule has 0 fully saturated rings. The summed E-state index contributed by atoms with van der Waals surface area (Å²) in [6.45, 7) is 4.19. The Morgan fingerprint density at radius 3 is 1.60 bits per heavy atom. The minimum absolute atomic E-state index is 0.895. The van der Waals surface area contributed by atoms with Gasteiger partial charge in [-0.2, -0.15) is 0 Å². The van der Waals surface area contributed by atoms with Crippen LogP contribution in [0.15, 0.2) is 44.5 Å². The Bertz CT molecular complexity index is 380. The average Bonchev–Trinajstić information content (AvgIpc) is 2.68. The first kappa shape index (κ1) is 11.0. The van der Waals surface area contributed by atoms with Gasteiger partial charge in [-0.15, -0.1) is 0 Å². The standard InChI is InChI=1S/C13H14Cl2/c1-8-10(3-5-12(8)14)7-11-4-6-13(15)9(11)2/h3-4H,5-7H2,1-2H3. The number of hydrogen-bond donors (Lipinski definition) is 0. The van der Waals surface area contributed by atoms with Gasteiger partial charge in [0, 0.05) is 22.9 Å². The van der Waals surface area contributed by atoms with Crippen LogP contribution >= 0.6 is 23.2 Å². The number of halogens is 2. The van der Waals surface area contributed by atoms with Crippen molar-refractivity contribution in [2.45, 2.75) is 33.1 Å². The van der Waals surface area contributed by atoms with Crippen LogP contribution in [-0.4, -0.2) is 0 Å². The van der Waals surface area contributed by atoms with Crippen LogP contribution in [-0.2, 0) is 0 Å². The molecule has 2 heteroatoms. The van der Waals surface area contributed by atoms with E-state index in [2.05, 4.69) is 26.0 Å². The first-order chi connectivity index (χ1) is 7.09. The highest BCUT2D eigenvalue weighted by Gasteiger charge is 2.17. The summed E-state index contributed by atoms with van der Waals surface area (Å²) in [6, 6.07) is 0. The van der Waals surface area contributed by atoms with Gasteiger partial charge in [-0.05, 0) is 42.6 Å². The Hall–Kier alpha value is -0.460. The summed E-state index contributed by atoms with van der Waals surface area (Å²) in [5.41, 5.74) is 5.20. The monoisotopic (exact) mass is 240 g/mol. The zero-order valence-corrected chi connectivity index (χ0v) is 10.5. The third kappa shape index (κ3) is 2.07. The summed E-state index contributed by atoms with van der Waals surface area (Å²) in [5.74, 6) is 0. The molecule has 2 rings (SSSR count). The highest BCUT2D eigenvalue weighted by Crippen LogP contribution is 2.37. The Kier molecular flexibility index (Phi) is 3.08. The third-order valence-electron chi connectivity index (χ3n) is 3.21. The predicted molar refractivity (Wildman–Crippen MR) is 67.1 cm³/mol. The molecular formula is C13H14Cl2. The summed E-state index contributed by atoms with van der Waals surface area (Å²) in [5, 5.41) is 1.97. The maximum Gasteiger partial charge on any atom is 0.0250 e. The number of allylic oxidation sites excluding steroid dienone is 8. The molecule has 0 saturated carbocycles. The number of rotatable bonds is 2. The van der Waals surface area contributed by atoms with E-state index in [4.69, 9.17) is 23.2 Å². The van der Waals surface area contributed by atoms with Crippen LogP contribution in [0.5, 0.6) is 0 Å². The predicted octanol–water partition coefficient (Wildman–Crippen LogP) is 5.06. The molecular weight excluding hydrogens is 227 g/mol. The van der Waals surface area contributed by atoms with Crippen molar-refractivity contribution in [3.63, 3.8) is 0 Å². The molecule has 0 unspecified atom stereocenters. The van der Waals surface area contributed by atoms with Gasteiger partial charge in [-0.1, -0.05) is 35.4 Å². The molecule has 0 aliphatic heterocycles. The molecule has 0 heterocycles. The summed E-state index contributed by atoms with van der Waals surface area (Å²) >= 11 is 12.2. The quantitative estimate of drug-likeness (QED) is 0.633. The van der Waals surface area contributed by atoms with E-state index in [1.54, 1.807) is 0 Å². The van der Waals surface area contributed by atoms with Gasteiger partial charge in [-0.25, -0.2) is 0 Å². The van der Waals surface area contributed by atoms with Crippen LogP contribution in [0.3, 0.4) is 0 Å². The van der Waals surface area contributed by atoms with Gasteiger partial charge in [0.2, 0.25) is 0 Å². The van der Waals surface area contributed by atoms with Crippen LogP contribution in [0.2, 0.25) is 0 Å². The molecule has 2 aliphatic carbocycles. The lowest BCUT2D eigenvalue weighted by Gasteiger charge is -2.07. The topological polar surface area (TPSA) is 0 Å². The molecule has 0 radical (unpaired) electrons. The molecule has 0 aromatic rings. The van der Waals surface area contributed by atoms with Gasteiger partial charge in [0.15, 0.2) is 0 Å². The minimum Gasteiger partial charge on any atom is -0.0885 e. The van der Waals surface area contributed by atoms with Crippen molar-refractivity contribution in [2.75, 3.05) is 0 Å². The fourth-order valence-electron chi connectivity index (χ4n) is 2.00. The van der Waals surface area contributed by atoms with Crippen molar-refractivity contribution in [1.29, 1.82) is 0 Å². The molecule has 0 saturated heterocycles. The van der Waals surface area contributed by atoms with Crippen molar-refractivity contribution in [3.05, 3.63) is 44.5 Å². The Labute approximate surface area is 101 Å². The normalized spacial score (nSPS) is 21.3. The maximum atomic E-state index is 6.08. The summed E-state index contributed by atoms with van der Waals surface area (Å²) < 4.78 is 0. The van der Waals surface area contributed by atoms with E-state index in [1.165, 1.54) is 22.3 Å². The van der Waals surface area contributed by atoms with Crippen LogP contribution in [0.4, 0.5) is 0 Å². The van der Waals surface area contributed by atoms with Crippen molar-refractivity contribution >= 4 is 23.2 Å². The van der Waals surface area contributed by atoms with Crippen LogP contribution in [0, 0.1) is 0 Å². The lowest BCUT2D eigenvalue weighted by molar-refractivity contribution is 1.13. The average molecular weight is 241 g/mol. The van der Waals surface area contributed by atoms with Gasteiger partial charge < -0.3 is 0 Å². The highest BCUT2D eigenvalue weighted by molar-refractivity contribution is 6.31. The van der Waals surface area contributed by atoms with E-state index in [-0.39, 0.29) is 0 Å². The lowest BCUT2D eigenvalue weighted by Crippen LogP contribution is -1.88. The lowest BCUT2D eigenvalue weighted by atomic mass is 9.99. The first-order valence-corrected chi connectivity index (χ1v) is 5.94. The smallest absolute Gasteiger partial charge is 0.0250 e. The fraction of sp³-hybridized carbons (Fsp3) is 0.385. The molecule has 0 spiro atoms. The zero-order chi connectivity index (χ0) is 11.0. The minimum atomic E-state index is 0.895. The van der Waals surface area contributed by atoms with E-state index in [0.29, 0.717) is 0 Å². The maximum absolute atomic E-state index is 6.08. The molecule has 0 atom stereocenters. The molecule has 0 N–H and O–H groups in total. The van der Waals surface area contributed by atoms with Gasteiger partial charge in [0.1, 0.15) is 0 Å². The Balaban J connectivity index is 2.13. The van der Waals surface area contributed by atoms with Crippen molar-refractivity contribution in [2.24, 2.45) is 0 Å². The Morgan fingerprint density at radius 2 is 1.33 bits per heavy atom. The number of hydrogen-bond acceptors (Lipinski definition) is 0. The fourth-order valence-corrected chi connectivity index (χ4v) is 2.40. The van der Waals surface area contributed by atoms with Gasteiger partial charge >= 0.3 is 0 Å². The van der Waals surface area contributed by atoms with E-state index in [1.807, 2.05) is 0 Å². The van der Waals surface area contributed by atoms with Crippen molar-refractivity contribution < 1.29 is 0 Å². The summed E-state index contributed by atoms with van der Waals surface area (Å²) in [7, 11) is 0. The van der Waals surface area contributed by atoms with Gasteiger partial charge in [0.25, 0.3) is 0 Å². The van der Waals surface area contributed by atoms with Crippen molar-refractivity contribution in [3.8, 4) is 0 Å². The molecule has 0 nitrogen and oxygen atoms in total. The van der Waals surface area contributed by atoms with Crippen molar-refractivity contribution in [1.82, 2.24) is 0 Å². The summed E-state index contributed by atoms with van der Waals surface area (Å²) in [4.78, 5) is 0.